The summed E-state index contributed by atoms with van der Waals surface area (Å²) in [4.78, 5) is 2.20. The van der Waals surface area contributed by atoms with E-state index >= 15 is 0 Å². The van der Waals surface area contributed by atoms with Crippen LogP contribution in [0, 0.1) is 5.82 Å². The molecule has 21 heavy (non-hydrogen) atoms. The monoisotopic (exact) mass is 290 g/mol. The van der Waals surface area contributed by atoms with Gasteiger partial charge in [-0.05, 0) is 24.1 Å². The zero-order valence-electron chi connectivity index (χ0n) is 12.3. The van der Waals surface area contributed by atoms with Crippen molar-refractivity contribution in [1.82, 2.24) is 14.8 Å². The first kappa shape index (κ1) is 14.0. The molecule has 1 saturated heterocycles. The second-order valence-corrected chi connectivity index (χ2v) is 5.39. The molecule has 112 valence electrons. The zero-order chi connectivity index (χ0) is 14.8. The molecule has 1 aliphatic rings. The lowest BCUT2D eigenvalue weighted by molar-refractivity contribution is 0.175. The van der Waals surface area contributed by atoms with Crippen LogP contribution in [0.15, 0.2) is 24.3 Å². The molecular weight excluding hydrogens is 271 g/mol. The number of aromatic nitrogens is 3. The molecule has 1 unspecified atom stereocenters. The number of hydrogen-bond donors (Lipinski definition) is 0. The maximum Gasteiger partial charge on any atom is 0.227 e. The van der Waals surface area contributed by atoms with Crippen LogP contribution in [0.3, 0.4) is 0 Å². The van der Waals surface area contributed by atoms with E-state index in [1.807, 2.05) is 17.7 Å². The van der Waals surface area contributed by atoms with Crippen molar-refractivity contribution < 1.29 is 9.13 Å². The molecule has 0 bridgehead atoms. The van der Waals surface area contributed by atoms with E-state index in [0.717, 1.165) is 36.8 Å². The second kappa shape index (κ2) is 5.81. The number of nitrogens with zero attached hydrogens (tertiary/aromatic N) is 4. The normalized spacial score (nSPS) is 18.4. The van der Waals surface area contributed by atoms with Crippen molar-refractivity contribution in [1.29, 1.82) is 0 Å². The minimum atomic E-state index is -0.174. The summed E-state index contributed by atoms with van der Waals surface area (Å²) in [7, 11) is 3.59. The van der Waals surface area contributed by atoms with E-state index in [2.05, 4.69) is 15.1 Å². The molecule has 3 rings (SSSR count). The van der Waals surface area contributed by atoms with Gasteiger partial charge in [-0.2, -0.15) is 0 Å². The van der Waals surface area contributed by atoms with Crippen molar-refractivity contribution in [3.8, 4) is 0 Å². The van der Waals surface area contributed by atoms with Gasteiger partial charge in [-0.25, -0.2) is 4.39 Å². The Morgan fingerprint density at radius 2 is 2.24 bits per heavy atom. The highest BCUT2D eigenvalue weighted by atomic mass is 19.1. The average Bonchev–Trinajstić information content (AvgIpc) is 3.07. The highest BCUT2D eigenvalue weighted by molar-refractivity contribution is 5.36. The number of methoxy groups -OCH3 is 1. The fourth-order valence-corrected chi connectivity index (χ4v) is 2.86. The van der Waals surface area contributed by atoms with E-state index in [4.69, 9.17) is 4.74 Å². The fraction of sp³-hybridized carbons (Fsp3) is 0.467. The first-order chi connectivity index (χ1) is 10.2. The van der Waals surface area contributed by atoms with Crippen LogP contribution in [-0.4, -0.2) is 35.0 Å². The van der Waals surface area contributed by atoms with Crippen molar-refractivity contribution in [2.24, 2.45) is 7.05 Å². The molecule has 2 heterocycles. The van der Waals surface area contributed by atoms with Crippen LogP contribution in [0.5, 0.6) is 0 Å². The third-order valence-electron chi connectivity index (χ3n) is 4.01. The Morgan fingerprint density at radius 1 is 1.38 bits per heavy atom. The van der Waals surface area contributed by atoms with Crippen LogP contribution in [0.2, 0.25) is 0 Å². The van der Waals surface area contributed by atoms with Crippen LogP contribution in [0.25, 0.3) is 0 Å². The van der Waals surface area contributed by atoms with Gasteiger partial charge in [0.05, 0.1) is 0 Å². The molecule has 6 heteroatoms. The summed E-state index contributed by atoms with van der Waals surface area (Å²) in [5.41, 5.74) is 1.05. The first-order valence-electron chi connectivity index (χ1n) is 7.06. The van der Waals surface area contributed by atoms with E-state index in [9.17, 15) is 4.39 Å². The smallest absolute Gasteiger partial charge is 0.227 e. The van der Waals surface area contributed by atoms with Gasteiger partial charge in [-0.1, -0.05) is 12.1 Å². The molecule has 0 N–H and O–H groups in total. The SMILES string of the molecule is COCc1nnc(N2CCC(c3cccc(F)c3)C2)n1C. The van der Waals surface area contributed by atoms with Crippen LogP contribution in [0.1, 0.15) is 23.7 Å². The quantitative estimate of drug-likeness (QED) is 0.865. The van der Waals surface area contributed by atoms with Gasteiger partial charge >= 0.3 is 0 Å². The average molecular weight is 290 g/mol. The molecular formula is C15H19FN4O. The lowest BCUT2D eigenvalue weighted by Gasteiger charge is -2.17. The summed E-state index contributed by atoms with van der Waals surface area (Å²) in [5, 5.41) is 8.40. The van der Waals surface area contributed by atoms with Gasteiger partial charge in [-0.3, -0.25) is 4.57 Å². The molecule has 0 amide bonds. The zero-order valence-corrected chi connectivity index (χ0v) is 12.3. The maximum atomic E-state index is 13.3. The van der Waals surface area contributed by atoms with Crippen molar-refractivity contribution in [2.75, 3.05) is 25.1 Å². The van der Waals surface area contributed by atoms with Crippen LogP contribution >= 0.6 is 0 Å². The van der Waals surface area contributed by atoms with E-state index in [-0.39, 0.29) is 5.82 Å². The van der Waals surface area contributed by atoms with E-state index in [0.29, 0.717) is 12.5 Å². The fourth-order valence-electron chi connectivity index (χ4n) is 2.86. The molecule has 5 nitrogen and oxygen atoms in total. The minimum absolute atomic E-state index is 0.174. The predicted octanol–water partition coefficient (Wildman–Crippen LogP) is 2.09. The summed E-state index contributed by atoms with van der Waals surface area (Å²) < 4.78 is 20.4. The number of hydrogen-bond acceptors (Lipinski definition) is 4. The second-order valence-electron chi connectivity index (χ2n) is 5.39. The lowest BCUT2D eigenvalue weighted by Crippen LogP contribution is -2.23. The van der Waals surface area contributed by atoms with Crippen LogP contribution in [-0.2, 0) is 18.4 Å². The summed E-state index contributed by atoms with van der Waals surface area (Å²) in [6.45, 7) is 2.19. The highest BCUT2D eigenvalue weighted by Crippen LogP contribution is 2.30. The molecule has 2 aromatic rings. The molecule has 1 fully saturated rings. The molecule has 0 spiro atoms. The Hall–Kier alpha value is -1.95. The van der Waals surface area contributed by atoms with Gasteiger partial charge in [0.25, 0.3) is 0 Å². The Morgan fingerprint density at radius 3 is 3.00 bits per heavy atom. The van der Waals surface area contributed by atoms with Gasteiger partial charge in [0, 0.05) is 33.2 Å². The van der Waals surface area contributed by atoms with E-state index < -0.39 is 0 Å². The largest absolute Gasteiger partial charge is 0.377 e. The van der Waals surface area contributed by atoms with Gasteiger partial charge in [0.2, 0.25) is 5.95 Å². The number of halogens is 1. The molecule has 0 radical (unpaired) electrons. The van der Waals surface area contributed by atoms with E-state index in [1.165, 1.54) is 6.07 Å². The van der Waals surface area contributed by atoms with Crippen molar-refractivity contribution in [3.05, 3.63) is 41.5 Å². The Labute approximate surface area is 123 Å². The topological polar surface area (TPSA) is 43.2 Å². The van der Waals surface area contributed by atoms with Crippen molar-refractivity contribution in [3.63, 3.8) is 0 Å². The molecule has 1 aliphatic heterocycles. The summed E-state index contributed by atoms with van der Waals surface area (Å²) >= 11 is 0. The molecule has 0 saturated carbocycles. The number of anilines is 1. The van der Waals surface area contributed by atoms with Gasteiger partial charge < -0.3 is 9.64 Å². The standard InChI is InChI=1S/C15H19FN4O/c1-19-14(10-21-2)17-18-15(19)20-7-6-12(9-20)11-4-3-5-13(16)8-11/h3-5,8,12H,6-7,9-10H2,1-2H3. The van der Waals surface area contributed by atoms with Crippen molar-refractivity contribution >= 4 is 5.95 Å². The first-order valence-corrected chi connectivity index (χ1v) is 7.06. The Balaban J connectivity index is 1.75. The predicted molar refractivity (Wildman–Crippen MR) is 77.7 cm³/mol. The molecule has 0 aliphatic carbocycles. The molecule has 1 atom stereocenters. The number of benzene rings is 1. The molecule has 1 aromatic heterocycles. The van der Waals surface area contributed by atoms with Gasteiger partial charge in [-0.15, -0.1) is 10.2 Å². The minimum Gasteiger partial charge on any atom is -0.377 e. The van der Waals surface area contributed by atoms with Crippen molar-refractivity contribution in [2.45, 2.75) is 18.9 Å². The lowest BCUT2D eigenvalue weighted by atomic mass is 9.98. The third-order valence-corrected chi connectivity index (χ3v) is 4.01. The maximum absolute atomic E-state index is 13.3. The van der Waals surface area contributed by atoms with Crippen LogP contribution in [0.4, 0.5) is 10.3 Å². The van der Waals surface area contributed by atoms with Crippen LogP contribution < -0.4 is 4.90 Å². The summed E-state index contributed by atoms with van der Waals surface area (Å²) in [6.07, 6.45) is 0.996. The summed E-state index contributed by atoms with van der Waals surface area (Å²) in [5.74, 6) is 1.82. The Bertz CT molecular complexity index is 628. The number of ether oxygens (including phenoxy) is 1. The van der Waals surface area contributed by atoms with Gasteiger partial charge in [0.15, 0.2) is 5.82 Å². The Kier molecular flexibility index (Phi) is 3.88. The van der Waals surface area contributed by atoms with E-state index in [1.54, 1.807) is 19.2 Å². The summed E-state index contributed by atoms with van der Waals surface area (Å²) in [6, 6.07) is 6.87. The molecule has 1 aromatic carbocycles. The number of rotatable bonds is 4. The van der Waals surface area contributed by atoms with Gasteiger partial charge in [0.1, 0.15) is 12.4 Å². The third kappa shape index (κ3) is 2.76. The highest BCUT2D eigenvalue weighted by Gasteiger charge is 2.27.